The first kappa shape index (κ1) is 12.9. The summed E-state index contributed by atoms with van der Waals surface area (Å²) in [6, 6.07) is 5.81. The van der Waals surface area contributed by atoms with Crippen LogP contribution < -0.4 is 5.32 Å². The lowest BCUT2D eigenvalue weighted by Gasteiger charge is -2.20. The Labute approximate surface area is 128 Å². The standard InChI is InChI=1S/C16H17ClN4/c17-14-3-4-16(21-10-18-9-20-21)15(7-14)19-8-13-6-11-1-2-12(13)5-11/h1-4,7,9-13,19H,5-6,8H2. The van der Waals surface area contributed by atoms with E-state index in [1.807, 2.05) is 18.2 Å². The zero-order valence-electron chi connectivity index (χ0n) is 11.6. The first-order chi connectivity index (χ1) is 10.3. The smallest absolute Gasteiger partial charge is 0.138 e. The van der Waals surface area contributed by atoms with Crippen LogP contribution in [0.4, 0.5) is 5.69 Å². The van der Waals surface area contributed by atoms with Gasteiger partial charge in [-0.1, -0.05) is 23.8 Å². The van der Waals surface area contributed by atoms with Crippen molar-refractivity contribution in [3.8, 4) is 5.69 Å². The van der Waals surface area contributed by atoms with Crippen molar-refractivity contribution in [2.24, 2.45) is 17.8 Å². The molecule has 2 bridgehead atoms. The fraction of sp³-hybridized carbons (Fsp3) is 0.375. The van der Waals surface area contributed by atoms with Crippen LogP contribution in [-0.2, 0) is 0 Å². The Morgan fingerprint density at radius 3 is 2.95 bits per heavy atom. The number of allylic oxidation sites excluding steroid dienone is 2. The SMILES string of the molecule is Clc1ccc(-n2cncn2)c(NCC2CC3C=CC2C3)c1. The number of hydrogen-bond acceptors (Lipinski definition) is 3. The van der Waals surface area contributed by atoms with Gasteiger partial charge in [0.15, 0.2) is 0 Å². The van der Waals surface area contributed by atoms with Crippen LogP contribution in [0.25, 0.3) is 5.69 Å². The van der Waals surface area contributed by atoms with E-state index in [0.29, 0.717) is 0 Å². The molecular formula is C16H17ClN4. The summed E-state index contributed by atoms with van der Waals surface area (Å²) >= 11 is 6.14. The van der Waals surface area contributed by atoms with Gasteiger partial charge in [-0.2, -0.15) is 5.10 Å². The third kappa shape index (κ3) is 2.44. The second-order valence-corrected chi connectivity index (χ2v) is 6.36. The van der Waals surface area contributed by atoms with Gasteiger partial charge in [0.25, 0.3) is 0 Å². The lowest BCUT2D eigenvalue weighted by molar-refractivity contribution is 0.472. The Balaban J connectivity index is 1.54. The van der Waals surface area contributed by atoms with E-state index < -0.39 is 0 Å². The Morgan fingerprint density at radius 2 is 2.24 bits per heavy atom. The van der Waals surface area contributed by atoms with Gasteiger partial charge < -0.3 is 5.32 Å². The van der Waals surface area contributed by atoms with E-state index >= 15 is 0 Å². The summed E-state index contributed by atoms with van der Waals surface area (Å²) in [6.45, 7) is 0.980. The summed E-state index contributed by atoms with van der Waals surface area (Å²) < 4.78 is 1.76. The van der Waals surface area contributed by atoms with Gasteiger partial charge in [0.1, 0.15) is 12.7 Å². The minimum atomic E-state index is 0.725. The Kier molecular flexibility index (Phi) is 3.19. The molecule has 0 radical (unpaired) electrons. The van der Waals surface area contributed by atoms with E-state index in [4.69, 9.17) is 11.6 Å². The molecule has 3 unspecified atom stereocenters. The molecule has 1 saturated carbocycles. The summed E-state index contributed by atoms with van der Waals surface area (Å²) in [5.74, 6) is 2.27. The molecule has 5 heteroatoms. The Morgan fingerprint density at radius 1 is 1.29 bits per heavy atom. The highest BCUT2D eigenvalue weighted by Crippen LogP contribution is 2.43. The molecule has 0 aliphatic heterocycles. The number of benzene rings is 1. The molecule has 1 aromatic carbocycles. The monoisotopic (exact) mass is 300 g/mol. The van der Waals surface area contributed by atoms with Crippen LogP contribution in [0.1, 0.15) is 12.8 Å². The maximum Gasteiger partial charge on any atom is 0.138 e. The van der Waals surface area contributed by atoms with Crippen molar-refractivity contribution in [1.29, 1.82) is 0 Å². The van der Waals surface area contributed by atoms with Crippen molar-refractivity contribution in [2.45, 2.75) is 12.8 Å². The number of nitrogens with one attached hydrogen (secondary N) is 1. The minimum absolute atomic E-state index is 0.725. The van der Waals surface area contributed by atoms with E-state index in [2.05, 4.69) is 27.6 Å². The number of fused-ring (bicyclic) bond motifs is 2. The van der Waals surface area contributed by atoms with Crippen LogP contribution in [0.2, 0.25) is 5.02 Å². The molecule has 1 N–H and O–H groups in total. The van der Waals surface area contributed by atoms with Crippen molar-refractivity contribution < 1.29 is 0 Å². The first-order valence-electron chi connectivity index (χ1n) is 7.36. The molecule has 21 heavy (non-hydrogen) atoms. The van der Waals surface area contributed by atoms with Crippen LogP contribution >= 0.6 is 11.6 Å². The minimum Gasteiger partial charge on any atom is -0.383 e. The molecule has 4 rings (SSSR count). The molecule has 3 atom stereocenters. The topological polar surface area (TPSA) is 42.7 Å². The predicted molar refractivity (Wildman–Crippen MR) is 83.7 cm³/mol. The zero-order chi connectivity index (χ0) is 14.2. The van der Waals surface area contributed by atoms with Crippen LogP contribution in [0.15, 0.2) is 43.0 Å². The van der Waals surface area contributed by atoms with E-state index in [0.717, 1.165) is 40.7 Å². The average Bonchev–Trinajstić information content (AvgIpc) is 3.22. The van der Waals surface area contributed by atoms with Crippen LogP contribution in [0.5, 0.6) is 0 Å². The Hall–Kier alpha value is -1.81. The molecule has 0 spiro atoms. The fourth-order valence-electron chi connectivity index (χ4n) is 3.55. The maximum absolute atomic E-state index is 6.14. The van der Waals surface area contributed by atoms with E-state index in [1.54, 1.807) is 17.3 Å². The largest absolute Gasteiger partial charge is 0.383 e. The van der Waals surface area contributed by atoms with Crippen LogP contribution in [-0.4, -0.2) is 21.3 Å². The quantitative estimate of drug-likeness (QED) is 0.878. The molecular weight excluding hydrogens is 284 g/mol. The Bertz CT molecular complexity index is 665. The first-order valence-corrected chi connectivity index (χ1v) is 7.74. The van der Waals surface area contributed by atoms with Crippen molar-refractivity contribution in [3.63, 3.8) is 0 Å². The highest BCUT2D eigenvalue weighted by Gasteiger charge is 2.35. The summed E-state index contributed by atoms with van der Waals surface area (Å²) in [5, 5.41) is 8.50. The number of hydrogen-bond donors (Lipinski definition) is 1. The third-order valence-electron chi connectivity index (χ3n) is 4.60. The van der Waals surface area contributed by atoms with Gasteiger partial charge in [-0.3, -0.25) is 0 Å². The maximum atomic E-state index is 6.14. The fourth-order valence-corrected chi connectivity index (χ4v) is 3.72. The van der Waals surface area contributed by atoms with Crippen molar-refractivity contribution >= 4 is 17.3 Å². The molecule has 2 aromatic rings. The van der Waals surface area contributed by atoms with Gasteiger partial charge in [-0.05, 0) is 48.8 Å². The highest BCUT2D eigenvalue weighted by molar-refractivity contribution is 6.31. The predicted octanol–water partition coefficient (Wildman–Crippen LogP) is 3.54. The number of aromatic nitrogens is 3. The normalized spacial score (nSPS) is 26.4. The number of nitrogens with zero attached hydrogens (tertiary/aromatic N) is 3. The molecule has 108 valence electrons. The van der Waals surface area contributed by atoms with Gasteiger partial charge in [-0.25, -0.2) is 9.67 Å². The van der Waals surface area contributed by atoms with Gasteiger partial charge in [0.05, 0.1) is 11.4 Å². The zero-order valence-corrected chi connectivity index (χ0v) is 12.4. The van der Waals surface area contributed by atoms with Crippen LogP contribution in [0.3, 0.4) is 0 Å². The van der Waals surface area contributed by atoms with E-state index in [-0.39, 0.29) is 0 Å². The number of halogens is 1. The van der Waals surface area contributed by atoms with Crippen molar-refractivity contribution in [2.75, 3.05) is 11.9 Å². The average molecular weight is 301 g/mol. The van der Waals surface area contributed by atoms with Crippen molar-refractivity contribution in [1.82, 2.24) is 14.8 Å². The number of rotatable bonds is 4. The summed E-state index contributed by atoms with van der Waals surface area (Å²) in [4.78, 5) is 4.01. The van der Waals surface area contributed by atoms with E-state index in [1.165, 1.54) is 12.8 Å². The van der Waals surface area contributed by atoms with Crippen LogP contribution in [0, 0.1) is 17.8 Å². The summed E-state index contributed by atoms with van der Waals surface area (Å²) in [5.41, 5.74) is 2.00. The lowest BCUT2D eigenvalue weighted by atomic mass is 9.93. The lowest BCUT2D eigenvalue weighted by Crippen LogP contribution is -2.19. The number of anilines is 1. The molecule has 2 aliphatic rings. The molecule has 2 aliphatic carbocycles. The summed E-state index contributed by atoms with van der Waals surface area (Å²) in [6.07, 6.45) is 10.6. The van der Waals surface area contributed by atoms with Gasteiger partial charge in [-0.15, -0.1) is 0 Å². The molecule has 0 saturated heterocycles. The molecule has 1 aromatic heterocycles. The van der Waals surface area contributed by atoms with Gasteiger partial charge in [0.2, 0.25) is 0 Å². The molecule has 0 amide bonds. The van der Waals surface area contributed by atoms with Gasteiger partial charge in [0, 0.05) is 11.6 Å². The molecule has 1 fully saturated rings. The highest BCUT2D eigenvalue weighted by atomic mass is 35.5. The van der Waals surface area contributed by atoms with Crippen molar-refractivity contribution in [3.05, 3.63) is 48.0 Å². The molecule has 4 nitrogen and oxygen atoms in total. The second kappa shape index (κ2) is 5.19. The molecule has 1 heterocycles. The van der Waals surface area contributed by atoms with E-state index in [9.17, 15) is 0 Å². The third-order valence-corrected chi connectivity index (χ3v) is 4.83. The van der Waals surface area contributed by atoms with Gasteiger partial charge >= 0.3 is 0 Å². The summed E-state index contributed by atoms with van der Waals surface area (Å²) in [7, 11) is 0. The second-order valence-electron chi connectivity index (χ2n) is 5.92.